The van der Waals surface area contributed by atoms with Crippen LogP contribution in [-0.2, 0) is 16.0 Å². The smallest absolute Gasteiger partial charge is 0.301 e. The highest BCUT2D eigenvalue weighted by molar-refractivity contribution is 6.70. The second kappa shape index (κ2) is 6.41. The number of Topliss-reactive ketones (excluding diaryl/α,β-unsaturated/α-hetero) is 2. The number of aromatic nitrogens is 1. The lowest BCUT2D eigenvalue weighted by Crippen LogP contribution is -2.36. The van der Waals surface area contributed by atoms with Crippen molar-refractivity contribution < 1.29 is 14.4 Å². The van der Waals surface area contributed by atoms with Crippen LogP contribution < -0.4 is 5.32 Å². The molecule has 5 nitrogen and oxygen atoms in total. The van der Waals surface area contributed by atoms with Gasteiger partial charge < -0.3 is 5.32 Å². The van der Waals surface area contributed by atoms with Crippen molar-refractivity contribution in [2.45, 2.75) is 45.4 Å². The molecule has 1 aromatic heterocycles. The highest BCUT2D eigenvalue weighted by atomic mass is 16.2. The van der Waals surface area contributed by atoms with Gasteiger partial charge in [-0.3, -0.25) is 14.4 Å². The van der Waals surface area contributed by atoms with Gasteiger partial charge in [-0.25, -0.2) is 4.98 Å². The summed E-state index contributed by atoms with van der Waals surface area (Å²) in [4.78, 5) is 38.4. The second-order valence-electron chi connectivity index (χ2n) is 4.98. The second-order valence-corrected chi connectivity index (χ2v) is 4.98. The van der Waals surface area contributed by atoms with E-state index in [0.29, 0.717) is 0 Å². The maximum absolute atomic E-state index is 11.6. The number of amides is 1. The van der Waals surface area contributed by atoms with E-state index in [0.717, 1.165) is 25.0 Å². The molecule has 106 valence electrons. The Morgan fingerprint density at radius 3 is 2.50 bits per heavy atom. The molecule has 1 aromatic rings. The molecular formula is C15H18N2O3. The third kappa shape index (κ3) is 3.10. The summed E-state index contributed by atoms with van der Waals surface area (Å²) < 4.78 is 0. The Labute approximate surface area is 117 Å². The van der Waals surface area contributed by atoms with Crippen LogP contribution in [0.2, 0.25) is 0 Å². The van der Waals surface area contributed by atoms with Crippen LogP contribution >= 0.6 is 0 Å². The number of aryl methyl sites for hydroxylation is 1. The fourth-order valence-corrected chi connectivity index (χ4v) is 2.22. The lowest BCUT2D eigenvalue weighted by Gasteiger charge is -2.14. The minimum atomic E-state index is -1.02. The molecule has 0 fully saturated rings. The molecule has 2 rings (SSSR count). The van der Waals surface area contributed by atoms with Gasteiger partial charge in [-0.05, 0) is 25.0 Å². The Bertz CT molecular complexity index is 552. The Hall–Kier alpha value is -2.04. The van der Waals surface area contributed by atoms with Crippen LogP contribution in [0.5, 0.6) is 0 Å². The molecule has 0 bridgehead atoms. The van der Waals surface area contributed by atoms with Crippen molar-refractivity contribution in [3.05, 3.63) is 23.4 Å². The van der Waals surface area contributed by atoms with E-state index in [1.807, 2.05) is 0 Å². The molecular weight excluding hydrogens is 256 g/mol. The molecule has 5 heteroatoms. The monoisotopic (exact) mass is 274 g/mol. The largest absolute Gasteiger partial charge is 0.303 e. The number of carbonyl (C=O) groups is 3. The average Bonchev–Trinajstić information content (AvgIpc) is 2.44. The standard InChI is InChI=1S/C15H18N2O3/c1-2-3-4-5-6-7-10-8-9-11-12(18)13(19)15(20)17-14(11)16-10/h8-9H,2-7H2,1H3,(H,16,17,20). The first-order valence-electron chi connectivity index (χ1n) is 7.03. The number of carbonyl (C=O) groups excluding carboxylic acids is 3. The summed E-state index contributed by atoms with van der Waals surface area (Å²) in [6, 6.07) is 3.32. The number of nitrogens with zero attached hydrogens (tertiary/aromatic N) is 1. The number of rotatable bonds is 6. The quantitative estimate of drug-likeness (QED) is 0.638. The van der Waals surface area contributed by atoms with Crippen LogP contribution in [0.25, 0.3) is 0 Å². The number of ketones is 2. The van der Waals surface area contributed by atoms with Crippen LogP contribution in [-0.4, -0.2) is 22.5 Å². The first-order chi connectivity index (χ1) is 9.63. The minimum Gasteiger partial charge on any atom is -0.303 e. The van der Waals surface area contributed by atoms with E-state index in [9.17, 15) is 14.4 Å². The highest BCUT2D eigenvalue weighted by Crippen LogP contribution is 2.20. The van der Waals surface area contributed by atoms with E-state index in [1.54, 1.807) is 12.1 Å². The Morgan fingerprint density at radius 1 is 1.00 bits per heavy atom. The summed E-state index contributed by atoms with van der Waals surface area (Å²) in [7, 11) is 0. The maximum atomic E-state index is 11.6. The molecule has 1 amide bonds. The zero-order valence-electron chi connectivity index (χ0n) is 11.6. The summed E-state index contributed by atoms with van der Waals surface area (Å²) in [5, 5.41) is 2.37. The maximum Gasteiger partial charge on any atom is 0.301 e. The van der Waals surface area contributed by atoms with Crippen molar-refractivity contribution in [1.82, 2.24) is 4.98 Å². The molecule has 0 atom stereocenters. The molecule has 1 N–H and O–H groups in total. The van der Waals surface area contributed by atoms with Crippen molar-refractivity contribution >= 4 is 23.3 Å². The van der Waals surface area contributed by atoms with Crippen LogP contribution in [0.15, 0.2) is 12.1 Å². The van der Waals surface area contributed by atoms with Gasteiger partial charge in [0.15, 0.2) is 0 Å². The van der Waals surface area contributed by atoms with Gasteiger partial charge in [0.1, 0.15) is 5.82 Å². The number of pyridine rings is 1. The fraction of sp³-hybridized carbons (Fsp3) is 0.467. The normalized spacial score (nSPS) is 14.2. The zero-order valence-corrected chi connectivity index (χ0v) is 11.6. The van der Waals surface area contributed by atoms with Crippen molar-refractivity contribution in [2.75, 3.05) is 5.32 Å². The fourth-order valence-electron chi connectivity index (χ4n) is 2.22. The molecule has 0 spiro atoms. The van der Waals surface area contributed by atoms with Crippen molar-refractivity contribution in [3.63, 3.8) is 0 Å². The molecule has 20 heavy (non-hydrogen) atoms. The highest BCUT2D eigenvalue weighted by Gasteiger charge is 2.32. The number of nitrogens with one attached hydrogen (secondary N) is 1. The van der Waals surface area contributed by atoms with Gasteiger partial charge in [0.2, 0.25) is 5.78 Å². The van der Waals surface area contributed by atoms with Crippen molar-refractivity contribution in [3.8, 4) is 0 Å². The van der Waals surface area contributed by atoms with Gasteiger partial charge in [-0.2, -0.15) is 0 Å². The third-order valence-electron chi connectivity index (χ3n) is 3.38. The number of unbranched alkanes of at least 4 members (excludes halogenated alkanes) is 4. The predicted octanol–water partition coefficient (Wildman–Crippen LogP) is 2.30. The Balaban J connectivity index is 2.01. The molecule has 0 unspecified atom stereocenters. The molecule has 2 heterocycles. The van der Waals surface area contributed by atoms with Crippen molar-refractivity contribution in [2.24, 2.45) is 0 Å². The molecule has 0 aromatic carbocycles. The summed E-state index contributed by atoms with van der Waals surface area (Å²) in [5.74, 6) is -2.47. The topological polar surface area (TPSA) is 76.1 Å². The van der Waals surface area contributed by atoms with Crippen molar-refractivity contribution in [1.29, 1.82) is 0 Å². The van der Waals surface area contributed by atoms with E-state index in [-0.39, 0.29) is 11.4 Å². The summed E-state index contributed by atoms with van der Waals surface area (Å²) in [6.45, 7) is 2.17. The SMILES string of the molecule is CCCCCCCc1ccc2c(n1)NC(=O)C(=O)C2=O. The van der Waals surface area contributed by atoms with Gasteiger partial charge in [-0.15, -0.1) is 0 Å². The van der Waals surface area contributed by atoms with Gasteiger partial charge in [0.25, 0.3) is 5.78 Å². The lowest BCUT2D eigenvalue weighted by atomic mass is 10.0. The number of anilines is 1. The first kappa shape index (κ1) is 14.4. The van der Waals surface area contributed by atoms with E-state index in [1.165, 1.54) is 19.3 Å². The molecule has 0 radical (unpaired) electrons. The molecule has 1 aliphatic heterocycles. The Morgan fingerprint density at radius 2 is 1.75 bits per heavy atom. The molecule has 1 aliphatic rings. The molecule has 0 saturated carbocycles. The summed E-state index contributed by atoms with van der Waals surface area (Å²) in [5.41, 5.74) is 1.02. The molecule has 0 aliphatic carbocycles. The summed E-state index contributed by atoms with van der Waals surface area (Å²) in [6.07, 6.45) is 6.66. The number of hydrogen-bond acceptors (Lipinski definition) is 4. The average molecular weight is 274 g/mol. The number of hydrogen-bond donors (Lipinski definition) is 1. The van der Waals surface area contributed by atoms with Gasteiger partial charge in [-0.1, -0.05) is 32.6 Å². The van der Waals surface area contributed by atoms with Gasteiger partial charge in [0, 0.05) is 5.69 Å². The number of fused-ring (bicyclic) bond motifs is 1. The zero-order chi connectivity index (χ0) is 14.5. The van der Waals surface area contributed by atoms with E-state index in [4.69, 9.17) is 0 Å². The van der Waals surface area contributed by atoms with Crippen LogP contribution in [0.1, 0.15) is 55.1 Å². The van der Waals surface area contributed by atoms with E-state index in [2.05, 4.69) is 17.2 Å². The van der Waals surface area contributed by atoms with Crippen LogP contribution in [0, 0.1) is 0 Å². The minimum absolute atomic E-state index is 0.185. The van der Waals surface area contributed by atoms with Crippen LogP contribution in [0.3, 0.4) is 0 Å². The van der Waals surface area contributed by atoms with E-state index < -0.39 is 17.5 Å². The first-order valence-corrected chi connectivity index (χ1v) is 7.03. The molecule has 0 saturated heterocycles. The third-order valence-corrected chi connectivity index (χ3v) is 3.38. The lowest BCUT2D eigenvalue weighted by molar-refractivity contribution is -0.132. The van der Waals surface area contributed by atoms with Crippen LogP contribution in [0.4, 0.5) is 5.82 Å². The Kier molecular flexibility index (Phi) is 4.61. The van der Waals surface area contributed by atoms with Gasteiger partial charge >= 0.3 is 5.91 Å². The predicted molar refractivity (Wildman–Crippen MR) is 74.7 cm³/mol. The van der Waals surface area contributed by atoms with Gasteiger partial charge in [0.05, 0.1) is 5.56 Å². The summed E-state index contributed by atoms with van der Waals surface area (Å²) >= 11 is 0. The van der Waals surface area contributed by atoms with E-state index >= 15 is 0 Å².